The maximum absolute atomic E-state index is 15.6. The number of amides is 15. The van der Waals surface area contributed by atoms with Crippen molar-refractivity contribution < 1.29 is 126 Å². The number of carbonyl (C=O) groups excluding carboxylic acids is 16. The zero-order valence-electron chi connectivity index (χ0n) is 84.0. The fourth-order valence-electron chi connectivity index (χ4n) is 17.6. The number of para-hydroxylation sites is 1. The summed E-state index contributed by atoms with van der Waals surface area (Å²) in [4.78, 5) is 285. The predicted octanol–water partition coefficient (Wildman–Crippen LogP) is -1.03. The Morgan fingerprint density at radius 2 is 1.07 bits per heavy atom. The SMILES string of the molecule is CC(=O)N[C@H]1CCCCC(=O)C[C@@H](C(=O)N2CCC[C@H]2C(=O)N2CCC[C@H]2C(=O)N[C@@H](CCCNC(=N)N)C(=O)N[C@@H](CCC(=O)O)C(=O)N[C@@H](CCCCN(CC(=O)O)CC(=O)O)C(=O)N[C@@H](CCCCNC(=O)COCCOCCNC(=O)CCCCCCCCCCCCCCC(=O)O)C(N)=O)NC(=O)[C@H](Cc2c[nH]c3ccccc23)NC(=O)[C@H](CCCNC(=N)N)NC(=O)CNC(=O)[C@H](CC2=CCC=N2)NC1=O. The molecule has 0 aliphatic carbocycles. The fourth-order valence-corrected chi connectivity index (χ4v) is 17.6. The van der Waals surface area contributed by atoms with Crippen LogP contribution < -0.4 is 91.6 Å². The first kappa shape index (κ1) is 122. The van der Waals surface area contributed by atoms with Crippen molar-refractivity contribution in [2.75, 3.05) is 91.9 Å². The number of nitrogens with two attached hydrogens (primary N) is 3. The summed E-state index contributed by atoms with van der Waals surface area (Å²) in [6.45, 7) is -0.848. The number of rotatable bonds is 64. The molecule has 0 radical (unpaired) electrons. The predicted molar refractivity (Wildman–Crippen MR) is 535 cm³/mol. The summed E-state index contributed by atoms with van der Waals surface area (Å²) in [6, 6.07) is -9.73. The minimum absolute atomic E-state index is 0.0165. The van der Waals surface area contributed by atoms with Crippen molar-refractivity contribution in [3.8, 4) is 0 Å². The third kappa shape index (κ3) is 48.4. The Labute approximate surface area is 853 Å². The number of primary amides is 1. The van der Waals surface area contributed by atoms with Gasteiger partial charge in [-0.05, 0) is 140 Å². The highest BCUT2D eigenvalue weighted by Gasteiger charge is 2.46. The van der Waals surface area contributed by atoms with Gasteiger partial charge in [-0.2, -0.15) is 0 Å². The molecule has 5 heterocycles. The van der Waals surface area contributed by atoms with E-state index >= 15 is 19.2 Å². The van der Waals surface area contributed by atoms with E-state index in [9.17, 15) is 92.0 Å². The molecule has 50 heteroatoms. The number of H-pyrrole nitrogens is 1. The maximum atomic E-state index is 15.6. The molecule has 3 fully saturated rings. The normalized spacial score (nSPS) is 18.9. The summed E-state index contributed by atoms with van der Waals surface area (Å²) in [7, 11) is 0. The Hall–Kier alpha value is -13.8. The molecule has 6 rings (SSSR count). The number of likely N-dealkylation sites (tertiary alicyclic amines) is 2. The number of carbonyl (C=O) groups is 20. The zero-order chi connectivity index (χ0) is 108. The molecule has 147 heavy (non-hydrogen) atoms. The lowest BCUT2D eigenvalue weighted by Gasteiger charge is -2.33. The highest BCUT2D eigenvalue weighted by atomic mass is 16.5. The standard InChI is InChI=1S/C97H152N24O26/c1-61(122)110-68-32-16-14-28-64(123)55-75(118-92(142)73(53-62-56-108-66-30-17-15-29-65(62)66)116-88(138)69(34-23-44-106-96(99)100)111-79(125)57-109-86(136)74(117-87(68)137)54-63-27-22-43-103-63)94(144)121-49-26-37-77(121)95(145)120-48-25-36-76(120)93(143)115-71(35-24-45-107-97(101)102)90(140)114-72(40-41-82(129)130)91(141)113-70(33-19-21-47-119(58-83(131)132)59-84(133)134)89(139)112-67(85(98)135)31-18-20-42-104-80(126)60-147-52-51-146-50-46-105-78(124)38-12-10-8-6-4-2-3-5-7-9-11-13-39-81(127)128/h15,17,27,29-30,43,56,67-77,108H,2-14,16,18-26,28,31-42,44-55,57-60H2,1H3,(H2,98,135)(H,104,126)(H,105,124)(H,109,136)(H,110,122)(H,111,125)(H,112,139)(H,113,141)(H,114,140)(H,115,143)(H,116,138)(H,117,137)(H,118,142)(H,127,128)(H,129,130)(H,131,132)(H,133,134)(H4,99,100,106)(H4,101,102,107)/t67-,68-,69-,70-,71-,72-,73-,74-,75-,76-,77-/m0/s1. The molecule has 0 bridgehead atoms. The number of aliphatic carboxylic acids is 4. The van der Waals surface area contributed by atoms with Gasteiger partial charge in [-0.15, -0.1) is 0 Å². The second kappa shape index (κ2) is 67.8. The Bertz CT molecular complexity index is 4800. The van der Waals surface area contributed by atoms with Crippen molar-refractivity contribution >= 4 is 147 Å². The third-order valence-corrected chi connectivity index (χ3v) is 25.2. The number of unbranched alkanes of at least 4 members (excludes halogenated alkanes) is 13. The van der Waals surface area contributed by atoms with Gasteiger partial charge in [-0.1, -0.05) is 94.9 Å². The number of ketones is 1. The van der Waals surface area contributed by atoms with E-state index in [-0.39, 0.29) is 206 Å². The van der Waals surface area contributed by atoms with Gasteiger partial charge < -0.3 is 136 Å². The van der Waals surface area contributed by atoms with Crippen LogP contribution in [-0.2, 0) is 112 Å². The van der Waals surface area contributed by atoms with Gasteiger partial charge in [-0.25, -0.2) is 0 Å². The van der Waals surface area contributed by atoms with Crippen molar-refractivity contribution in [2.45, 2.75) is 317 Å². The van der Waals surface area contributed by atoms with Crippen LogP contribution in [0.5, 0.6) is 0 Å². The number of carboxylic acids is 4. The number of hydrogen-bond donors (Lipinski definition) is 24. The van der Waals surface area contributed by atoms with Gasteiger partial charge in [0.2, 0.25) is 88.6 Å². The Balaban J connectivity index is 1.15. The molecule has 11 atom stereocenters. The molecule has 816 valence electrons. The molecule has 0 spiro atoms. The van der Waals surface area contributed by atoms with Crippen molar-refractivity contribution in [3.63, 3.8) is 0 Å². The number of carboxylic acid groups (broad SMARTS) is 4. The Morgan fingerprint density at radius 1 is 0.517 bits per heavy atom. The van der Waals surface area contributed by atoms with E-state index in [1.54, 1.807) is 42.8 Å². The van der Waals surface area contributed by atoms with Gasteiger partial charge in [0.05, 0.1) is 39.5 Å². The fraction of sp³-hybridized carbons (Fsp3) is 0.660. The highest BCUT2D eigenvalue weighted by molar-refractivity contribution is 6.02. The van der Waals surface area contributed by atoms with E-state index in [4.69, 9.17) is 42.6 Å². The van der Waals surface area contributed by atoms with Gasteiger partial charge in [0, 0.05) is 127 Å². The second-order valence-electron chi connectivity index (χ2n) is 37.2. The number of fused-ring (bicyclic) bond motifs is 1. The van der Waals surface area contributed by atoms with E-state index in [0.29, 0.717) is 41.5 Å². The number of guanidine groups is 2. The first-order valence-corrected chi connectivity index (χ1v) is 51.0. The maximum Gasteiger partial charge on any atom is 0.317 e. The topological polar surface area (TPSA) is 773 Å². The van der Waals surface area contributed by atoms with Crippen molar-refractivity contribution in [1.82, 2.24) is 94.1 Å². The van der Waals surface area contributed by atoms with E-state index < -0.39 is 230 Å². The second-order valence-corrected chi connectivity index (χ2v) is 37.2. The Kier molecular flexibility index (Phi) is 56.2. The molecule has 15 amide bonds. The van der Waals surface area contributed by atoms with E-state index in [0.717, 1.165) is 75.5 Å². The molecule has 1 aromatic carbocycles. The van der Waals surface area contributed by atoms with Crippen molar-refractivity contribution in [1.29, 1.82) is 10.8 Å². The number of aliphatic imine (C=N–C) groups is 1. The van der Waals surface area contributed by atoms with Crippen LogP contribution in [0.2, 0.25) is 0 Å². The van der Waals surface area contributed by atoms with Crippen LogP contribution in [0.1, 0.15) is 250 Å². The average molecular weight is 2070 g/mol. The lowest BCUT2D eigenvalue weighted by Crippen LogP contribution is -2.60. The number of ether oxygens (including phenoxy) is 2. The summed E-state index contributed by atoms with van der Waals surface area (Å²) in [5.41, 5.74) is 18.5. The number of allylic oxidation sites excluding steroid dienone is 1. The van der Waals surface area contributed by atoms with Crippen LogP contribution >= 0.6 is 0 Å². The van der Waals surface area contributed by atoms with E-state index in [1.807, 2.05) is 0 Å². The number of aromatic nitrogens is 1. The number of benzene rings is 1. The minimum Gasteiger partial charge on any atom is -0.481 e. The van der Waals surface area contributed by atoms with Gasteiger partial charge in [0.15, 0.2) is 11.9 Å². The first-order valence-electron chi connectivity index (χ1n) is 51.0. The highest BCUT2D eigenvalue weighted by Crippen LogP contribution is 2.29. The molecule has 0 saturated carbocycles. The smallest absolute Gasteiger partial charge is 0.317 e. The number of hydrogen-bond acceptors (Lipinski definition) is 26. The van der Waals surface area contributed by atoms with Gasteiger partial charge in [0.25, 0.3) is 0 Å². The quantitative estimate of drug-likeness (QED) is 0.0214. The van der Waals surface area contributed by atoms with E-state index in [1.165, 1.54) is 23.1 Å². The van der Waals surface area contributed by atoms with Crippen LogP contribution in [-0.4, -0.2) is 335 Å². The summed E-state index contributed by atoms with van der Waals surface area (Å²) >= 11 is 0. The lowest BCUT2D eigenvalue weighted by molar-refractivity contribution is -0.148. The van der Waals surface area contributed by atoms with E-state index in [2.05, 4.69) is 84.4 Å². The van der Waals surface area contributed by atoms with Gasteiger partial charge >= 0.3 is 23.9 Å². The number of nitrogens with one attached hydrogen (secondary N) is 17. The number of Topliss-reactive ketones (excluding diaryl/α,β-unsaturated/α-hetero) is 1. The summed E-state index contributed by atoms with van der Waals surface area (Å²) in [6.07, 6.45) is 15.5. The molecule has 0 unspecified atom stereocenters. The largest absolute Gasteiger partial charge is 0.481 e. The molecular formula is C97H152N24O26. The summed E-state index contributed by atoms with van der Waals surface area (Å²) in [5.74, 6) is -18.9. The molecule has 27 N–H and O–H groups in total. The zero-order valence-corrected chi connectivity index (χ0v) is 84.0. The van der Waals surface area contributed by atoms with Gasteiger partial charge in [0.1, 0.15) is 78.9 Å². The summed E-state index contributed by atoms with van der Waals surface area (Å²) < 4.78 is 11.0. The number of nitrogens with zero attached hydrogens (tertiary/aromatic N) is 4. The monoisotopic (exact) mass is 2070 g/mol. The Morgan fingerprint density at radius 3 is 1.69 bits per heavy atom. The third-order valence-electron chi connectivity index (χ3n) is 25.2. The molecular weight excluding hydrogens is 1920 g/mol. The average Bonchev–Trinajstić information content (AvgIpc) is 1.64. The molecule has 50 nitrogen and oxygen atoms in total. The van der Waals surface area contributed by atoms with Gasteiger partial charge in [-0.3, -0.25) is 117 Å². The van der Waals surface area contributed by atoms with Crippen LogP contribution in [0.15, 0.2) is 47.2 Å². The summed E-state index contributed by atoms with van der Waals surface area (Å²) in [5, 5.41) is 90.7. The molecule has 2 aromatic rings. The van der Waals surface area contributed by atoms with Crippen LogP contribution in [0.4, 0.5) is 0 Å². The molecule has 1 aromatic heterocycles. The van der Waals surface area contributed by atoms with Crippen LogP contribution in [0.25, 0.3) is 10.9 Å². The van der Waals surface area contributed by atoms with Crippen molar-refractivity contribution in [3.05, 3.63) is 47.8 Å². The first-order chi connectivity index (χ1) is 70.3. The number of aromatic amines is 1. The van der Waals surface area contributed by atoms with Crippen LogP contribution in [0.3, 0.4) is 0 Å². The molecule has 3 saturated heterocycles. The van der Waals surface area contributed by atoms with Crippen LogP contribution in [0, 0.1) is 10.8 Å². The molecule has 4 aliphatic rings. The minimum atomic E-state index is -1.83. The van der Waals surface area contributed by atoms with Crippen molar-refractivity contribution in [2.24, 2.45) is 22.2 Å². The molecule has 4 aliphatic heterocycles. The lowest BCUT2D eigenvalue weighted by atomic mass is 9.99.